The number of halogens is 1. The van der Waals surface area contributed by atoms with E-state index >= 15 is 4.11 Å². The molecule has 0 aliphatic carbocycles. The monoisotopic (exact) mass is 703 g/mol. The van der Waals surface area contributed by atoms with Gasteiger partial charge in [0.1, 0.15) is 0 Å². The number of carbonyl (C=O) groups is 2. The van der Waals surface area contributed by atoms with Crippen molar-refractivity contribution in [3.63, 3.8) is 0 Å². The fourth-order valence-electron chi connectivity index (χ4n) is 8.01. The third-order valence-electron chi connectivity index (χ3n) is 10.4. The molecular weight excluding hydrogens is 662 g/mol. The predicted molar refractivity (Wildman–Crippen MR) is 197 cm³/mol. The van der Waals surface area contributed by atoms with Crippen LogP contribution < -0.4 is 10.2 Å². The Labute approximate surface area is 298 Å². The molecule has 1 aromatic heterocycles. The number of aliphatic hydroxyl groups excluding tert-OH is 1. The second-order valence-corrected chi connectivity index (χ2v) is 17.8. The molecule has 1 spiro atoms. The van der Waals surface area contributed by atoms with Crippen LogP contribution in [0.3, 0.4) is 0 Å². The highest BCUT2D eigenvalue weighted by Gasteiger charge is 2.66. The van der Waals surface area contributed by atoms with Crippen molar-refractivity contribution in [1.82, 2.24) is 15.0 Å². The lowest BCUT2D eigenvalue weighted by Crippen LogP contribution is -2.45. The number of rotatable bonds is 11. The van der Waals surface area contributed by atoms with Gasteiger partial charge < -0.3 is 24.2 Å². The van der Waals surface area contributed by atoms with Crippen LogP contribution in [0.5, 0.6) is 0 Å². The lowest BCUT2D eigenvalue weighted by Gasteiger charge is -2.31. The third-order valence-corrected chi connectivity index (χ3v) is 12.8. The molecule has 1 unspecified atom stereocenters. The van der Waals surface area contributed by atoms with Crippen molar-refractivity contribution in [3.8, 4) is 0 Å². The van der Waals surface area contributed by atoms with Crippen LogP contribution in [0.15, 0.2) is 115 Å². The van der Waals surface area contributed by atoms with E-state index in [1.165, 1.54) is 0 Å². The second kappa shape index (κ2) is 14.0. The molecule has 11 heteroatoms. The number of hydrogen-bond acceptors (Lipinski definition) is 6. The molecule has 1 saturated heterocycles. The number of aliphatic hydroxyl groups is 1. The van der Waals surface area contributed by atoms with E-state index < -0.39 is 31.6 Å². The normalized spacial score (nSPS) is 21.9. The molecule has 0 saturated carbocycles. The van der Waals surface area contributed by atoms with Gasteiger partial charge in [-0.1, -0.05) is 91.0 Å². The summed E-state index contributed by atoms with van der Waals surface area (Å²) < 4.78 is 25.2. The molecule has 3 heterocycles. The van der Waals surface area contributed by atoms with Crippen molar-refractivity contribution < 1.29 is 23.5 Å². The minimum Gasteiger partial charge on any atom is -0.395 e. The average molecular weight is 704 g/mol. The molecule has 9 nitrogen and oxygen atoms in total. The molecule has 5 aromatic rings. The summed E-state index contributed by atoms with van der Waals surface area (Å²) in [4.78, 5) is 29.8. The van der Waals surface area contributed by atoms with E-state index in [-0.39, 0.29) is 24.3 Å². The predicted octanol–water partition coefficient (Wildman–Crippen LogP) is 7.07. The molecule has 51 heavy (non-hydrogen) atoms. The van der Waals surface area contributed by atoms with E-state index in [2.05, 4.69) is 15.6 Å². The fraction of sp³-hybridized carbons (Fsp3) is 0.300. The van der Waals surface area contributed by atoms with Crippen LogP contribution in [0.4, 0.5) is 15.5 Å². The van der Waals surface area contributed by atoms with Gasteiger partial charge in [-0.05, 0) is 61.0 Å². The molecule has 262 valence electrons. The maximum Gasteiger partial charge on any atom is 0.264 e. The third kappa shape index (κ3) is 6.53. The lowest BCUT2D eigenvalue weighted by atomic mass is 9.82. The van der Waals surface area contributed by atoms with Crippen molar-refractivity contribution >= 4 is 31.6 Å². The minimum absolute atomic E-state index is 0.118. The van der Waals surface area contributed by atoms with Gasteiger partial charge in [0.25, 0.3) is 11.8 Å². The van der Waals surface area contributed by atoms with E-state index in [9.17, 15) is 14.7 Å². The molecule has 2 aliphatic rings. The standard InChI is InChI=1S/C40H42FN5O4Si/c1-27-37(51(2,3)41)36(21-22-45-25-34(43-44-45)32(26-47)29-15-9-5-10-16-29)50-40(27)33-23-31(42-38(48)30-17-11-6-12-18-30)19-20-35(33)46(39(40)49)24-28-13-7-4-8-14-28/h4-20,23,25,27,32,36-37,47H,21-22,24,26H2,1-3H3,(H,42,48)/t27-,32?,36+,37-,40+/m1/s1. The first-order valence-corrected chi connectivity index (χ1v) is 20.3. The summed E-state index contributed by atoms with van der Waals surface area (Å²) in [6, 6.07) is 33.8. The maximum absolute atomic E-state index is 16.5. The highest BCUT2D eigenvalue weighted by atomic mass is 28.4. The number of hydrogen-bond donors (Lipinski definition) is 2. The molecule has 4 aromatic carbocycles. The first kappa shape index (κ1) is 34.5. The van der Waals surface area contributed by atoms with E-state index in [4.69, 9.17) is 4.74 Å². The zero-order valence-electron chi connectivity index (χ0n) is 28.9. The Balaban J connectivity index is 1.22. The highest BCUT2D eigenvalue weighted by molar-refractivity contribution is 6.72. The summed E-state index contributed by atoms with van der Waals surface area (Å²) >= 11 is 0. The van der Waals surface area contributed by atoms with Crippen LogP contribution in [-0.2, 0) is 28.2 Å². The van der Waals surface area contributed by atoms with Crippen LogP contribution in [0.2, 0.25) is 18.6 Å². The molecule has 2 aliphatic heterocycles. The van der Waals surface area contributed by atoms with Crippen molar-refractivity contribution in [2.75, 3.05) is 16.8 Å². The molecule has 2 N–H and O–H groups in total. The lowest BCUT2D eigenvalue weighted by molar-refractivity contribution is -0.146. The molecule has 7 rings (SSSR count). The number of carbonyl (C=O) groups excluding carboxylic acids is 2. The number of ether oxygens (including phenoxy) is 1. The van der Waals surface area contributed by atoms with Crippen molar-refractivity contribution in [2.45, 2.75) is 62.7 Å². The van der Waals surface area contributed by atoms with E-state index in [1.54, 1.807) is 53.0 Å². The van der Waals surface area contributed by atoms with Gasteiger partial charge >= 0.3 is 0 Å². The number of amides is 2. The largest absolute Gasteiger partial charge is 0.395 e. The zero-order chi connectivity index (χ0) is 35.8. The van der Waals surface area contributed by atoms with E-state index in [0.29, 0.717) is 47.7 Å². The molecule has 1 fully saturated rings. The van der Waals surface area contributed by atoms with Crippen molar-refractivity contribution in [1.29, 1.82) is 0 Å². The molecule has 0 radical (unpaired) electrons. The maximum atomic E-state index is 16.5. The molecule has 0 bridgehead atoms. The molecule has 5 atom stereocenters. The van der Waals surface area contributed by atoms with Crippen molar-refractivity contribution in [2.24, 2.45) is 5.92 Å². The van der Waals surface area contributed by atoms with Gasteiger partial charge in [-0.25, -0.2) is 0 Å². The summed E-state index contributed by atoms with van der Waals surface area (Å²) in [7, 11) is -3.42. The smallest absolute Gasteiger partial charge is 0.264 e. The minimum atomic E-state index is -3.42. The number of aryl methyl sites for hydroxylation is 1. The fourth-order valence-corrected chi connectivity index (χ4v) is 10.6. The highest BCUT2D eigenvalue weighted by Crippen LogP contribution is 2.60. The van der Waals surface area contributed by atoms with Crippen molar-refractivity contribution in [3.05, 3.63) is 143 Å². The van der Waals surface area contributed by atoms with Crippen LogP contribution in [0, 0.1) is 5.92 Å². The number of benzene rings is 4. The Morgan fingerprint density at radius 1 is 1.00 bits per heavy atom. The number of anilines is 2. The van der Waals surface area contributed by atoms with Gasteiger partial charge in [-0.2, -0.15) is 0 Å². The van der Waals surface area contributed by atoms with Crippen LogP contribution >= 0.6 is 0 Å². The second-order valence-electron chi connectivity index (χ2n) is 14.0. The summed E-state index contributed by atoms with van der Waals surface area (Å²) in [5.74, 6) is -1.32. The SMILES string of the molecule is C[C@@H]1[C@@H]([Si](C)(C)F)[C@H](CCn2cc(C(CO)c3ccccc3)nn2)O[C@@]12C(=O)N(Cc1ccccc1)c1ccc(NC(=O)c3ccccc3)cc12. The summed E-state index contributed by atoms with van der Waals surface area (Å²) in [5.41, 5.74) is 2.91. The van der Waals surface area contributed by atoms with Gasteiger partial charge in [0, 0.05) is 41.0 Å². The number of nitrogens with one attached hydrogen (secondary N) is 1. The van der Waals surface area contributed by atoms with Crippen LogP contribution in [0.25, 0.3) is 0 Å². The summed E-state index contributed by atoms with van der Waals surface area (Å²) in [5, 5.41) is 21.9. The van der Waals surface area contributed by atoms with Gasteiger partial charge in [0.15, 0.2) is 5.60 Å². The van der Waals surface area contributed by atoms with Gasteiger partial charge in [-0.3, -0.25) is 14.3 Å². The topological polar surface area (TPSA) is 110 Å². The first-order valence-electron chi connectivity index (χ1n) is 17.4. The average Bonchev–Trinajstić information content (AvgIpc) is 3.79. The summed E-state index contributed by atoms with van der Waals surface area (Å²) in [6.45, 7) is 5.88. The van der Waals surface area contributed by atoms with Crippen LogP contribution in [-0.4, -0.2) is 53.0 Å². The van der Waals surface area contributed by atoms with Gasteiger partial charge in [0.05, 0.1) is 36.6 Å². The summed E-state index contributed by atoms with van der Waals surface area (Å²) in [6.07, 6.45) is 1.63. The zero-order valence-corrected chi connectivity index (χ0v) is 29.9. The van der Waals surface area contributed by atoms with E-state index in [1.807, 2.05) is 92.0 Å². The quantitative estimate of drug-likeness (QED) is 0.113. The van der Waals surface area contributed by atoms with Crippen LogP contribution in [0.1, 0.15) is 52.0 Å². The Morgan fingerprint density at radius 3 is 2.33 bits per heavy atom. The number of nitrogens with zero attached hydrogens (tertiary/aromatic N) is 4. The number of fused-ring (bicyclic) bond motifs is 2. The Bertz CT molecular complexity index is 2010. The molecule has 2 amide bonds. The Morgan fingerprint density at radius 2 is 1.67 bits per heavy atom. The number of aromatic nitrogens is 3. The van der Waals surface area contributed by atoms with E-state index in [0.717, 1.165) is 11.1 Å². The van der Waals surface area contributed by atoms with Gasteiger partial charge in [-0.15, -0.1) is 5.10 Å². The Kier molecular flexibility index (Phi) is 9.45. The first-order chi connectivity index (χ1) is 24.6. The Hall–Kier alpha value is -4.97. The molecular formula is C40H42FN5O4Si. The van der Waals surface area contributed by atoms with Gasteiger partial charge in [0.2, 0.25) is 8.41 Å².